The monoisotopic (exact) mass is 228 g/mol. The molecular weight excluding hydrogens is 212 g/mol. The highest BCUT2D eigenvalue weighted by Crippen LogP contribution is 2.40. The smallest absolute Gasteiger partial charge is 0.167 e. The Kier molecular flexibility index (Phi) is 1.89. The summed E-state index contributed by atoms with van der Waals surface area (Å²) in [7, 11) is 0. The van der Waals surface area contributed by atoms with E-state index in [2.05, 4.69) is 28.7 Å². The van der Waals surface area contributed by atoms with Gasteiger partial charge >= 0.3 is 0 Å². The molecule has 0 aliphatic carbocycles. The topological polar surface area (TPSA) is 38.1 Å². The van der Waals surface area contributed by atoms with E-state index < -0.39 is 0 Å². The Morgan fingerprint density at radius 1 is 1.35 bits per heavy atom. The van der Waals surface area contributed by atoms with Gasteiger partial charge < -0.3 is 9.84 Å². The van der Waals surface area contributed by atoms with Gasteiger partial charge in [0.2, 0.25) is 0 Å². The van der Waals surface area contributed by atoms with Crippen molar-refractivity contribution in [3.63, 3.8) is 0 Å². The van der Waals surface area contributed by atoms with E-state index in [1.807, 2.05) is 6.92 Å². The Bertz CT molecular complexity index is 575. The fourth-order valence-corrected chi connectivity index (χ4v) is 3.50. The van der Waals surface area contributed by atoms with E-state index in [0.29, 0.717) is 12.0 Å². The Labute approximate surface area is 100 Å². The minimum absolute atomic E-state index is 0.670. The van der Waals surface area contributed by atoms with Gasteiger partial charge in [-0.2, -0.15) is 0 Å². The first kappa shape index (κ1) is 9.66. The van der Waals surface area contributed by atoms with Gasteiger partial charge in [0.05, 0.1) is 5.69 Å². The van der Waals surface area contributed by atoms with Crippen molar-refractivity contribution >= 4 is 11.0 Å². The van der Waals surface area contributed by atoms with Gasteiger partial charge in [-0.25, -0.2) is 0 Å². The fourth-order valence-electron chi connectivity index (χ4n) is 3.50. The first-order chi connectivity index (χ1) is 8.31. The lowest BCUT2D eigenvalue weighted by atomic mass is 9.84. The van der Waals surface area contributed by atoms with Gasteiger partial charge in [0.15, 0.2) is 5.58 Å². The van der Waals surface area contributed by atoms with Gasteiger partial charge in [-0.1, -0.05) is 11.2 Å². The molecule has 3 heteroatoms. The molecule has 1 aromatic carbocycles. The molecule has 1 N–H and O–H groups in total. The minimum atomic E-state index is 0.670. The maximum absolute atomic E-state index is 5.36. The van der Waals surface area contributed by atoms with Crippen LogP contribution in [0.3, 0.4) is 0 Å². The van der Waals surface area contributed by atoms with Crippen molar-refractivity contribution in [2.45, 2.75) is 44.2 Å². The molecule has 2 aliphatic rings. The quantitative estimate of drug-likeness (QED) is 0.815. The van der Waals surface area contributed by atoms with Gasteiger partial charge in [0.1, 0.15) is 0 Å². The second kappa shape index (κ2) is 3.33. The van der Waals surface area contributed by atoms with Crippen molar-refractivity contribution in [3.8, 4) is 0 Å². The van der Waals surface area contributed by atoms with E-state index in [1.54, 1.807) is 0 Å². The van der Waals surface area contributed by atoms with Gasteiger partial charge in [-0.3, -0.25) is 0 Å². The molecule has 0 amide bonds. The molecule has 2 aliphatic heterocycles. The Morgan fingerprint density at radius 3 is 3.06 bits per heavy atom. The van der Waals surface area contributed by atoms with Crippen LogP contribution in [0.15, 0.2) is 22.7 Å². The molecule has 0 saturated carbocycles. The number of hydrogen-bond donors (Lipinski definition) is 1. The van der Waals surface area contributed by atoms with E-state index in [1.165, 1.54) is 24.8 Å². The summed E-state index contributed by atoms with van der Waals surface area (Å²) in [6.45, 7) is 1.99. The van der Waals surface area contributed by atoms with Crippen LogP contribution in [0.4, 0.5) is 0 Å². The molecular formula is C14H16N2O. The van der Waals surface area contributed by atoms with Crippen LogP contribution in [0.5, 0.6) is 0 Å². The molecule has 3 heterocycles. The number of nitrogens with one attached hydrogen (secondary N) is 1. The lowest BCUT2D eigenvalue weighted by molar-refractivity contribution is 0.449. The SMILES string of the molecule is Cc1noc2cc(C3CC4CCC3N4)ccc12. The molecule has 2 saturated heterocycles. The number of fused-ring (bicyclic) bond motifs is 3. The Hall–Kier alpha value is -1.35. The van der Waals surface area contributed by atoms with E-state index in [4.69, 9.17) is 4.52 Å². The van der Waals surface area contributed by atoms with Crippen molar-refractivity contribution in [2.75, 3.05) is 0 Å². The molecule has 1 aromatic heterocycles. The molecule has 0 radical (unpaired) electrons. The summed E-state index contributed by atoms with van der Waals surface area (Å²) in [5, 5.41) is 8.85. The zero-order chi connectivity index (χ0) is 11.4. The van der Waals surface area contributed by atoms with E-state index in [-0.39, 0.29) is 0 Å². The molecule has 88 valence electrons. The normalized spacial score (nSPS) is 31.5. The third kappa shape index (κ3) is 1.35. The molecule has 2 bridgehead atoms. The Balaban J connectivity index is 1.76. The van der Waals surface area contributed by atoms with Gasteiger partial charge in [-0.05, 0) is 43.9 Å². The second-order valence-corrected chi connectivity index (χ2v) is 5.41. The van der Waals surface area contributed by atoms with Crippen LogP contribution in [-0.4, -0.2) is 17.2 Å². The molecule has 17 heavy (non-hydrogen) atoms. The number of nitrogens with zero attached hydrogens (tertiary/aromatic N) is 1. The van der Waals surface area contributed by atoms with Gasteiger partial charge in [0.25, 0.3) is 0 Å². The van der Waals surface area contributed by atoms with E-state index >= 15 is 0 Å². The molecule has 2 fully saturated rings. The molecule has 0 spiro atoms. The summed E-state index contributed by atoms with van der Waals surface area (Å²) < 4.78 is 5.36. The summed E-state index contributed by atoms with van der Waals surface area (Å²) in [5.74, 6) is 0.670. The molecule has 3 nitrogen and oxygen atoms in total. The average molecular weight is 228 g/mol. The third-order valence-corrected chi connectivity index (χ3v) is 4.40. The van der Waals surface area contributed by atoms with Crippen molar-refractivity contribution in [3.05, 3.63) is 29.5 Å². The van der Waals surface area contributed by atoms with E-state index in [9.17, 15) is 0 Å². The molecule has 3 unspecified atom stereocenters. The average Bonchev–Trinajstić information content (AvgIpc) is 3.04. The van der Waals surface area contributed by atoms with Gasteiger partial charge in [-0.15, -0.1) is 0 Å². The van der Waals surface area contributed by atoms with Crippen LogP contribution in [0.25, 0.3) is 11.0 Å². The van der Waals surface area contributed by atoms with Gasteiger partial charge in [0, 0.05) is 23.4 Å². The Morgan fingerprint density at radius 2 is 2.29 bits per heavy atom. The molecule has 4 rings (SSSR count). The van der Waals surface area contributed by atoms with Crippen LogP contribution in [0, 0.1) is 6.92 Å². The second-order valence-electron chi connectivity index (χ2n) is 5.41. The predicted octanol–water partition coefficient (Wildman–Crippen LogP) is 2.74. The maximum Gasteiger partial charge on any atom is 0.167 e. The zero-order valence-electron chi connectivity index (χ0n) is 9.94. The highest BCUT2D eigenvalue weighted by Gasteiger charge is 2.39. The summed E-state index contributed by atoms with van der Waals surface area (Å²) >= 11 is 0. The lowest BCUT2D eigenvalue weighted by Gasteiger charge is -2.20. The molecule has 3 atom stereocenters. The maximum atomic E-state index is 5.36. The third-order valence-electron chi connectivity index (χ3n) is 4.40. The van der Waals surface area contributed by atoms with Crippen molar-refractivity contribution in [2.24, 2.45) is 0 Å². The minimum Gasteiger partial charge on any atom is -0.356 e. The number of aryl methyl sites for hydroxylation is 1. The van der Waals surface area contributed by atoms with Crippen LogP contribution in [0.1, 0.15) is 36.4 Å². The highest BCUT2D eigenvalue weighted by molar-refractivity contribution is 5.79. The largest absolute Gasteiger partial charge is 0.356 e. The first-order valence-electron chi connectivity index (χ1n) is 6.43. The number of rotatable bonds is 1. The van der Waals surface area contributed by atoms with Crippen LogP contribution < -0.4 is 5.32 Å². The zero-order valence-corrected chi connectivity index (χ0v) is 9.94. The predicted molar refractivity (Wildman–Crippen MR) is 66.0 cm³/mol. The van der Waals surface area contributed by atoms with Crippen LogP contribution >= 0.6 is 0 Å². The van der Waals surface area contributed by atoms with Crippen LogP contribution in [0.2, 0.25) is 0 Å². The number of benzene rings is 1. The highest BCUT2D eigenvalue weighted by atomic mass is 16.5. The summed E-state index contributed by atoms with van der Waals surface area (Å²) in [5.41, 5.74) is 3.33. The number of hydrogen-bond acceptors (Lipinski definition) is 3. The molecule has 2 aromatic rings. The summed E-state index contributed by atoms with van der Waals surface area (Å²) in [6.07, 6.45) is 3.96. The standard InChI is InChI=1S/C14H16N2O/c1-8-11-4-2-9(6-14(11)17-16-8)12-7-10-3-5-13(12)15-10/h2,4,6,10,12-13,15H,3,5,7H2,1H3. The van der Waals surface area contributed by atoms with E-state index in [0.717, 1.165) is 22.7 Å². The van der Waals surface area contributed by atoms with Crippen molar-refractivity contribution < 1.29 is 4.52 Å². The van der Waals surface area contributed by atoms with Crippen molar-refractivity contribution in [1.29, 1.82) is 0 Å². The number of aromatic nitrogens is 1. The summed E-state index contributed by atoms with van der Waals surface area (Å²) in [6, 6.07) is 8.02. The van der Waals surface area contributed by atoms with Crippen LogP contribution in [-0.2, 0) is 0 Å². The van der Waals surface area contributed by atoms with Crippen molar-refractivity contribution in [1.82, 2.24) is 10.5 Å². The lowest BCUT2D eigenvalue weighted by Crippen LogP contribution is -2.21. The fraction of sp³-hybridized carbons (Fsp3) is 0.500. The first-order valence-corrected chi connectivity index (χ1v) is 6.43. The summed E-state index contributed by atoms with van der Waals surface area (Å²) in [4.78, 5) is 0.